The van der Waals surface area contributed by atoms with Gasteiger partial charge in [0.1, 0.15) is 0 Å². The predicted octanol–water partition coefficient (Wildman–Crippen LogP) is 4.48. The lowest BCUT2D eigenvalue weighted by molar-refractivity contribution is 0.808. The molecule has 0 saturated heterocycles. The first kappa shape index (κ1) is 15.3. The SMILES string of the molecule is Cc1ccc2nc(Nc3ccccc3)c(-n3nc(C)cc3C)nc2c1. The molecule has 2 aromatic heterocycles. The molecule has 2 heterocycles. The number of aryl methyl sites for hydroxylation is 3. The largest absolute Gasteiger partial charge is 0.337 e. The topological polar surface area (TPSA) is 55.6 Å². The second-order valence-electron chi connectivity index (χ2n) is 6.22. The van der Waals surface area contributed by atoms with Crippen LogP contribution in [0.2, 0.25) is 0 Å². The Morgan fingerprint density at radius 3 is 2.36 bits per heavy atom. The minimum absolute atomic E-state index is 0.689. The monoisotopic (exact) mass is 329 g/mol. The van der Waals surface area contributed by atoms with Crippen LogP contribution in [0.1, 0.15) is 17.0 Å². The van der Waals surface area contributed by atoms with Gasteiger partial charge in [0.05, 0.1) is 16.7 Å². The third-order valence-electron chi connectivity index (χ3n) is 4.05. The molecule has 0 atom stereocenters. The summed E-state index contributed by atoms with van der Waals surface area (Å²) in [6.45, 7) is 6.06. The van der Waals surface area contributed by atoms with Gasteiger partial charge in [-0.2, -0.15) is 5.10 Å². The molecule has 0 aliphatic carbocycles. The van der Waals surface area contributed by atoms with Crippen molar-refractivity contribution >= 4 is 22.5 Å². The first-order chi connectivity index (χ1) is 12.1. The minimum atomic E-state index is 0.689. The number of rotatable bonds is 3. The van der Waals surface area contributed by atoms with Crippen LogP contribution in [0.4, 0.5) is 11.5 Å². The minimum Gasteiger partial charge on any atom is -0.337 e. The molecule has 124 valence electrons. The van der Waals surface area contributed by atoms with E-state index < -0.39 is 0 Å². The van der Waals surface area contributed by atoms with Gasteiger partial charge in [-0.15, -0.1) is 0 Å². The molecule has 4 rings (SSSR count). The standard InChI is InChI=1S/C20H19N5/c1-13-9-10-17-18(11-13)23-20(25-15(3)12-14(2)24-25)19(22-17)21-16-7-5-4-6-8-16/h4-12H,1-3H3,(H,21,22). The van der Waals surface area contributed by atoms with Gasteiger partial charge in [-0.3, -0.25) is 0 Å². The van der Waals surface area contributed by atoms with Gasteiger partial charge in [0.15, 0.2) is 11.6 Å². The zero-order valence-electron chi connectivity index (χ0n) is 14.5. The van der Waals surface area contributed by atoms with Gasteiger partial charge < -0.3 is 5.32 Å². The number of nitrogens with zero attached hydrogens (tertiary/aromatic N) is 4. The summed E-state index contributed by atoms with van der Waals surface area (Å²) in [5.74, 6) is 1.39. The van der Waals surface area contributed by atoms with Crippen molar-refractivity contribution in [3.63, 3.8) is 0 Å². The maximum atomic E-state index is 4.85. The summed E-state index contributed by atoms with van der Waals surface area (Å²) in [7, 11) is 0. The molecule has 0 unspecified atom stereocenters. The lowest BCUT2D eigenvalue weighted by Gasteiger charge is -2.13. The van der Waals surface area contributed by atoms with Crippen LogP contribution < -0.4 is 5.32 Å². The summed E-state index contributed by atoms with van der Waals surface area (Å²) in [6, 6.07) is 18.1. The Morgan fingerprint density at radius 1 is 0.840 bits per heavy atom. The molecule has 0 bridgehead atoms. The average Bonchev–Trinajstić information content (AvgIpc) is 2.93. The third kappa shape index (κ3) is 2.96. The van der Waals surface area contributed by atoms with Crippen molar-refractivity contribution in [2.24, 2.45) is 0 Å². The molecule has 4 aromatic rings. The molecule has 0 aliphatic rings. The van der Waals surface area contributed by atoms with Gasteiger partial charge in [-0.05, 0) is 56.7 Å². The van der Waals surface area contributed by atoms with Crippen LogP contribution >= 0.6 is 0 Å². The van der Waals surface area contributed by atoms with E-state index in [2.05, 4.69) is 17.3 Å². The van der Waals surface area contributed by atoms with E-state index >= 15 is 0 Å². The van der Waals surface area contributed by atoms with Crippen molar-refractivity contribution in [3.8, 4) is 5.82 Å². The van der Waals surface area contributed by atoms with Gasteiger partial charge in [-0.25, -0.2) is 14.6 Å². The first-order valence-electron chi connectivity index (χ1n) is 8.24. The van der Waals surface area contributed by atoms with Gasteiger partial charge in [0.2, 0.25) is 0 Å². The van der Waals surface area contributed by atoms with Crippen LogP contribution in [-0.4, -0.2) is 19.7 Å². The fourth-order valence-corrected chi connectivity index (χ4v) is 2.89. The van der Waals surface area contributed by atoms with Crippen LogP contribution in [0.5, 0.6) is 0 Å². The Bertz CT molecular complexity index is 1050. The summed E-state index contributed by atoms with van der Waals surface area (Å²) < 4.78 is 1.84. The van der Waals surface area contributed by atoms with Gasteiger partial charge in [-0.1, -0.05) is 24.3 Å². The highest BCUT2D eigenvalue weighted by atomic mass is 15.3. The Hall–Kier alpha value is -3.21. The second kappa shape index (κ2) is 6.02. The third-order valence-corrected chi connectivity index (χ3v) is 4.05. The van der Waals surface area contributed by atoms with Crippen LogP contribution in [0.3, 0.4) is 0 Å². The number of hydrogen-bond donors (Lipinski definition) is 1. The maximum absolute atomic E-state index is 4.85. The quantitative estimate of drug-likeness (QED) is 0.602. The van der Waals surface area contributed by atoms with Crippen LogP contribution in [0, 0.1) is 20.8 Å². The summed E-state index contributed by atoms with van der Waals surface area (Å²) in [5.41, 5.74) is 5.82. The van der Waals surface area contributed by atoms with Gasteiger partial charge >= 0.3 is 0 Å². The van der Waals surface area contributed by atoms with Gasteiger partial charge in [0, 0.05) is 11.4 Å². The summed E-state index contributed by atoms with van der Waals surface area (Å²) in [4.78, 5) is 9.66. The highest BCUT2D eigenvalue weighted by Gasteiger charge is 2.14. The number of nitrogens with one attached hydrogen (secondary N) is 1. The summed E-state index contributed by atoms with van der Waals surface area (Å²) in [6.07, 6.45) is 0. The molecule has 0 aliphatic heterocycles. The zero-order valence-corrected chi connectivity index (χ0v) is 14.5. The number of anilines is 2. The molecule has 0 radical (unpaired) electrons. The van der Waals surface area contributed by atoms with Crippen LogP contribution in [0.25, 0.3) is 16.9 Å². The smallest absolute Gasteiger partial charge is 0.197 e. The van der Waals surface area contributed by atoms with E-state index in [9.17, 15) is 0 Å². The molecule has 5 heteroatoms. The Labute approximate surface area is 146 Å². The van der Waals surface area contributed by atoms with Crippen molar-refractivity contribution < 1.29 is 0 Å². The average molecular weight is 329 g/mol. The number of hydrogen-bond acceptors (Lipinski definition) is 4. The van der Waals surface area contributed by atoms with Crippen molar-refractivity contribution in [2.45, 2.75) is 20.8 Å². The Morgan fingerprint density at radius 2 is 1.64 bits per heavy atom. The first-order valence-corrected chi connectivity index (χ1v) is 8.24. The zero-order chi connectivity index (χ0) is 17.4. The highest BCUT2D eigenvalue weighted by molar-refractivity contribution is 5.80. The summed E-state index contributed by atoms with van der Waals surface area (Å²) >= 11 is 0. The van der Waals surface area contributed by atoms with E-state index in [-0.39, 0.29) is 0 Å². The van der Waals surface area contributed by atoms with Crippen molar-refractivity contribution in [3.05, 3.63) is 71.5 Å². The molecule has 0 spiro atoms. The van der Waals surface area contributed by atoms with E-state index in [0.717, 1.165) is 33.7 Å². The Kier molecular flexibility index (Phi) is 3.69. The molecule has 0 fully saturated rings. The Balaban J connectivity index is 1.93. The number of para-hydroxylation sites is 1. The van der Waals surface area contributed by atoms with E-state index in [1.165, 1.54) is 0 Å². The predicted molar refractivity (Wildman–Crippen MR) is 101 cm³/mol. The van der Waals surface area contributed by atoms with E-state index in [4.69, 9.17) is 9.97 Å². The lowest BCUT2D eigenvalue weighted by atomic mass is 10.2. The molecule has 5 nitrogen and oxygen atoms in total. The molecule has 0 saturated carbocycles. The van der Waals surface area contributed by atoms with E-state index in [0.29, 0.717) is 11.6 Å². The number of benzene rings is 2. The van der Waals surface area contributed by atoms with Crippen LogP contribution in [0.15, 0.2) is 54.6 Å². The molecule has 1 N–H and O–H groups in total. The van der Waals surface area contributed by atoms with E-state index in [1.54, 1.807) is 0 Å². The molecular formula is C20H19N5. The molecule has 0 amide bonds. The van der Waals surface area contributed by atoms with E-state index in [1.807, 2.05) is 73.1 Å². The van der Waals surface area contributed by atoms with Gasteiger partial charge in [0.25, 0.3) is 0 Å². The lowest BCUT2D eigenvalue weighted by Crippen LogP contribution is -2.08. The molecular weight excluding hydrogens is 310 g/mol. The fraction of sp³-hybridized carbons (Fsp3) is 0.150. The van der Waals surface area contributed by atoms with Crippen molar-refractivity contribution in [1.29, 1.82) is 0 Å². The highest BCUT2D eigenvalue weighted by Crippen LogP contribution is 2.25. The molecule has 25 heavy (non-hydrogen) atoms. The normalized spacial score (nSPS) is 11.0. The maximum Gasteiger partial charge on any atom is 0.197 e. The van der Waals surface area contributed by atoms with Crippen LogP contribution in [-0.2, 0) is 0 Å². The number of aromatic nitrogens is 4. The van der Waals surface area contributed by atoms with Crippen molar-refractivity contribution in [1.82, 2.24) is 19.7 Å². The number of fused-ring (bicyclic) bond motifs is 1. The second-order valence-corrected chi connectivity index (χ2v) is 6.22. The fourth-order valence-electron chi connectivity index (χ4n) is 2.89. The molecule has 2 aromatic carbocycles. The summed E-state index contributed by atoms with van der Waals surface area (Å²) in [5, 5.41) is 7.97. The van der Waals surface area contributed by atoms with Crippen molar-refractivity contribution in [2.75, 3.05) is 5.32 Å².